The lowest BCUT2D eigenvalue weighted by atomic mass is 9.97. The fourth-order valence-electron chi connectivity index (χ4n) is 3.97. The van der Waals surface area contributed by atoms with Crippen LogP contribution >= 0.6 is 0 Å². The van der Waals surface area contributed by atoms with Gasteiger partial charge in [0.25, 0.3) is 0 Å². The molecule has 9 heteroatoms. The van der Waals surface area contributed by atoms with E-state index in [4.69, 9.17) is 4.74 Å². The van der Waals surface area contributed by atoms with Crippen LogP contribution in [0.5, 0.6) is 5.75 Å². The van der Waals surface area contributed by atoms with Crippen molar-refractivity contribution in [2.75, 3.05) is 19.6 Å². The molecule has 0 saturated carbocycles. The Labute approximate surface area is 186 Å². The number of halogens is 2. The molecule has 0 unspecified atom stereocenters. The molecule has 0 spiro atoms. The lowest BCUT2D eigenvalue weighted by Crippen LogP contribution is -2.49. The molecular weight excluding hydrogens is 438 g/mol. The van der Waals surface area contributed by atoms with Crippen LogP contribution in [0, 0.1) is 0 Å². The number of amides is 1. The molecule has 1 saturated heterocycles. The SMILES string of the molecule is CC1(C)C=C(N2CCN(Cc3ccccc3)CC2=O)c2cc(S(=O)(=O)C(F)F)ccc2O1. The smallest absolute Gasteiger partial charge is 0.341 e. The van der Waals surface area contributed by atoms with Crippen LogP contribution in [-0.4, -0.2) is 55.1 Å². The summed E-state index contributed by atoms with van der Waals surface area (Å²) < 4.78 is 56.1. The summed E-state index contributed by atoms with van der Waals surface area (Å²) in [5.74, 6) is -3.33. The molecule has 6 nitrogen and oxygen atoms in total. The van der Waals surface area contributed by atoms with Crippen molar-refractivity contribution in [1.29, 1.82) is 0 Å². The molecule has 0 N–H and O–H groups in total. The van der Waals surface area contributed by atoms with Gasteiger partial charge in [0.05, 0.1) is 17.1 Å². The van der Waals surface area contributed by atoms with Crippen molar-refractivity contribution in [2.45, 2.75) is 36.6 Å². The molecule has 32 heavy (non-hydrogen) atoms. The monoisotopic (exact) mass is 462 g/mol. The maximum Gasteiger partial charge on any atom is 0.341 e. The maximum atomic E-state index is 13.1. The average molecular weight is 463 g/mol. The number of piperazine rings is 1. The first kappa shape index (κ1) is 22.4. The van der Waals surface area contributed by atoms with Gasteiger partial charge >= 0.3 is 5.76 Å². The zero-order valence-corrected chi connectivity index (χ0v) is 18.6. The number of benzene rings is 2. The number of carbonyl (C=O) groups is 1. The summed E-state index contributed by atoms with van der Waals surface area (Å²) in [7, 11) is -4.78. The van der Waals surface area contributed by atoms with Crippen LogP contribution in [0.25, 0.3) is 5.70 Å². The Balaban J connectivity index is 1.63. The minimum atomic E-state index is -4.78. The van der Waals surface area contributed by atoms with Crippen LogP contribution in [0.4, 0.5) is 8.78 Å². The van der Waals surface area contributed by atoms with Gasteiger partial charge in [-0.05, 0) is 43.7 Å². The van der Waals surface area contributed by atoms with Gasteiger partial charge in [0, 0.05) is 25.2 Å². The van der Waals surface area contributed by atoms with E-state index in [2.05, 4.69) is 0 Å². The predicted molar refractivity (Wildman–Crippen MR) is 116 cm³/mol. The number of nitrogens with zero attached hydrogens (tertiary/aromatic N) is 2. The number of carbonyl (C=O) groups excluding carboxylic acids is 1. The zero-order chi connectivity index (χ0) is 23.1. The third-order valence-electron chi connectivity index (χ3n) is 5.49. The van der Waals surface area contributed by atoms with E-state index in [-0.39, 0.29) is 12.5 Å². The molecule has 2 aliphatic rings. The summed E-state index contributed by atoms with van der Waals surface area (Å²) in [5, 5.41) is 0. The van der Waals surface area contributed by atoms with E-state index >= 15 is 0 Å². The van der Waals surface area contributed by atoms with Gasteiger partial charge in [-0.3, -0.25) is 9.69 Å². The van der Waals surface area contributed by atoms with Crippen LogP contribution in [0.3, 0.4) is 0 Å². The van der Waals surface area contributed by atoms with Crippen molar-refractivity contribution in [2.24, 2.45) is 0 Å². The summed E-state index contributed by atoms with van der Waals surface area (Å²) in [6.45, 7) is 5.47. The standard InChI is InChI=1S/C23H24F2N2O4S/c1-23(2)13-19(18-12-17(8-9-20(18)31-23)32(29,30)22(24)25)27-11-10-26(15-21(27)28)14-16-6-4-3-5-7-16/h3-9,12-13,22H,10-11,14-15H2,1-2H3. The van der Waals surface area contributed by atoms with Gasteiger partial charge in [0.15, 0.2) is 0 Å². The van der Waals surface area contributed by atoms with Crippen LogP contribution in [0.15, 0.2) is 59.5 Å². The lowest BCUT2D eigenvalue weighted by molar-refractivity contribution is -0.132. The van der Waals surface area contributed by atoms with Gasteiger partial charge in [0.2, 0.25) is 15.7 Å². The van der Waals surface area contributed by atoms with Gasteiger partial charge in [0.1, 0.15) is 11.4 Å². The third kappa shape index (κ3) is 4.40. The molecule has 0 aromatic heterocycles. The molecule has 1 amide bonds. The van der Waals surface area contributed by atoms with Gasteiger partial charge in [-0.25, -0.2) is 8.42 Å². The van der Waals surface area contributed by atoms with E-state index in [1.807, 2.05) is 49.1 Å². The second kappa shape index (κ2) is 8.29. The number of ether oxygens (including phenoxy) is 1. The highest BCUT2D eigenvalue weighted by molar-refractivity contribution is 7.91. The highest BCUT2D eigenvalue weighted by Crippen LogP contribution is 2.40. The number of alkyl halides is 2. The van der Waals surface area contributed by atoms with Gasteiger partial charge < -0.3 is 9.64 Å². The van der Waals surface area contributed by atoms with Crippen molar-refractivity contribution < 1.29 is 26.7 Å². The molecule has 1 fully saturated rings. The number of hydrogen-bond acceptors (Lipinski definition) is 5. The predicted octanol–water partition coefficient (Wildman–Crippen LogP) is 3.54. The van der Waals surface area contributed by atoms with Gasteiger partial charge in [-0.1, -0.05) is 30.3 Å². The molecule has 0 radical (unpaired) electrons. The Kier molecular flexibility index (Phi) is 5.81. The highest BCUT2D eigenvalue weighted by atomic mass is 32.2. The van der Waals surface area contributed by atoms with E-state index in [0.717, 1.165) is 11.6 Å². The quantitative estimate of drug-likeness (QED) is 0.680. The van der Waals surface area contributed by atoms with Crippen molar-refractivity contribution in [3.05, 3.63) is 65.7 Å². The minimum Gasteiger partial charge on any atom is -0.483 e. The van der Waals surface area contributed by atoms with Crippen LogP contribution in [-0.2, 0) is 21.2 Å². The molecule has 4 rings (SSSR count). The van der Waals surface area contributed by atoms with E-state index in [1.54, 1.807) is 11.0 Å². The summed E-state index contributed by atoms with van der Waals surface area (Å²) in [4.78, 5) is 16.2. The molecule has 0 aliphatic carbocycles. The normalized spacial score (nSPS) is 18.8. The average Bonchev–Trinajstić information content (AvgIpc) is 2.73. The lowest BCUT2D eigenvalue weighted by Gasteiger charge is -2.39. The number of hydrogen-bond donors (Lipinski definition) is 0. The first-order valence-corrected chi connectivity index (χ1v) is 11.8. The molecule has 2 heterocycles. The van der Waals surface area contributed by atoms with Crippen molar-refractivity contribution in [3.8, 4) is 5.75 Å². The van der Waals surface area contributed by atoms with Crippen LogP contribution in [0.1, 0.15) is 25.0 Å². The minimum absolute atomic E-state index is 0.149. The Hall–Kier alpha value is -2.78. The highest BCUT2D eigenvalue weighted by Gasteiger charge is 2.36. The fraction of sp³-hybridized carbons (Fsp3) is 0.348. The molecule has 2 aromatic rings. The van der Waals surface area contributed by atoms with E-state index in [1.165, 1.54) is 12.1 Å². The zero-order valence-electron chi connectivity index (χ0n) is 17.8. The first-order chi connectivity index (χ1) is 15.1. The Morgan fingerprint density at radius 2 is 1.81 bits per heavy atom. The molecule has 0 bridgehead atoms. The first-order valence-electron chi connectivity index (χ1n) is 10.2. The topological polar surface area (TPSA) is 66.9 Å². The van der Waals surface area contributed by atoms with E-state index in [0.29, 0.717) is 36.6 Å². The summed E-state index contributed by atoms with van der Waals surface area (Å²) in [5.41, 5.74) is 1.14. The summed E-state index contributed by atoms with van der Waals surface area (Å²) in [6.07, 6.45) is 1.73. The van der Waals surface area contributed by atoms with Gasteiger partial charge in [-0.15, -0.1) is 0 Å². The van der Waals surface area contributed by atoms with Crippen molar-refractivity contribution in [1.82, 2.24) is 9.80 Å². The maximum absolute atomic E-state index is 13.1. The van der Waals surface area contributed by atoms with Crippen molar-refractivity contribution >= 4 is 21.4 Å². The molecule has 2 aromatic carbocycles. The largest absolute Gasteiger partial charge is 0.483 e. The van der Waals surface area contributed by atoms with Crippen molar-refractivity contribution in [3.63, 3.8) is 0 Å². The van der Waals surface area contributed by atoms with Crippen LogP contribution in [0.2, 0.25) is 0 Å². The number of rotatable bonds is 5. The van der Waals surface area contributed by atoms with E-state index in [9.17, 15) is 22.0 Å². The third-order valence-corrected chi connectivity index (χ3v) is 6.87. The summed E-state index contributed by atoms with van der Waals surface area (Å²) in [6, 6.07) is 13.5. The molecule has 170 valence electrons. The molecular formula is C23H24F2N2O4S. The summed E-state index contributed by atoms with van der Waals surface area (Å²) >= 11 is 0. The van der Waals surface area contributed by atoms with Gasteiger partial charge in [-0.2, -0.15) is 8.78 Å². The fourth-order valence-corrected chi connectivity index (χ4v) is 4.72. The Bertz CT molecular complexity index is 1160. The second-order valence-electron chi connectivity index (χ2n) is 8.44. The number of fused-ring (bicyclic) bond motifs is 1. The Morgan fingerprint density at radius 3 is 2.47 bits per heavy atom. The number of sulfone groups is 1. The van der Waals surface area contributed by atoms with E-state index < -0.39 is 26.1 Å². The Morgan fingerprint density at radius 1 is 1.09 bits per heavy atom. The second-order valence-corrected chi connectivity index (χ2v) is 10.4. The van der Waals surface area contributed by atoms with Crippen LogP contribution < -0.4 is 4.74 Å². The molecule has 2 aliphatic heterocycles. The molecule has 0 atom stereocenters.